The molecule has 3 saturated heterocycles. The van der Waals surface area contributed by atoms with Crippen molar-refractivity contribution in [3.8, 4) is 0 Å². The Balaban J connectivity index is 1.45. The van der Waals surface area contributed by atoms with Gasteiger partial charge in [-0.15, -0.1) is 0 Å². The first-order chi connectivity index (χ1) is 17.0. The molecule has 4 fully saturated rings. The Morgan fingerprint density at radius 1 is 1.11 bits per heavy atom. The van der Waals surface area contributed by atoms with E-state index in [2.05, 4.69) is 71.5 Å². The number of nitrogens with zero attached hydrogens (tertiary/aromatic N) is 1. The van der Waals surface area contributed by atoms with Crippen molar-refractivity contribution in [2.75, 3.05) is 26.2 Å². The van der Waals surface area contributed by atoms with Gasteiger partial charge < -0.3 is 10.1 Å². The van der Waals surface area contributed by atoms with Crippen LogP contribution in [0.3, 0.4) is 0 Å². The lowest BCUT2D eigenvalue weighted by molar-refractivity contribution is -0.0925. The van der Waals surface area contributed by atoms with E-state index in [1.165, 1.54) is 55.3 Å². The standard InChI is InChI=1S/C28H47N5OS/c1-18(2)13-24-25-16-29-11-12-33(24)17-21-9-6-10-22(14-21)35-32-28-30-23(15-26(31-28)34-25)27-19(3)7-5-8-20(27)4/h5,7-8,18,21-26,28-32H,6,9-17H2,1-4H3/t21?,22?,23?,24-,25-,26?,28?/m1/s1. The number of ether oxygens (including phenoxy) is 1. The van der Waals surface area contributed by atoms with E-state index in [0.29, 0.717) is 17.2 Å². The molecule has 4 N–H and O–H groups in total. The second kappa shape index (κ2) is 11.8. The molecule has 3 heterocycles. The summed E-state index contributed by atoms with van der Waals surface area (Å²) in [6.07, 6.45) is 7.74. The van der Waals surface area contributed by atoms with Crippen LogP contribution in [0.2, 0.25) is 0 Å². The lowest BCUT2D eigenvalue weighted by Crippen LogP contribution is -2.62. The third-order valence-electron chi connectivity index (χ3n) is 8.51. The van der Waals surface area contributed by atoms with Crippen molar-refractivity contribution in [2.45, 2.75) is 102 Å². The van der Waals surface area contributed by atoms with Gasteiger partial charge in [0.25, 0.3) is 0 Å². The Labute approximate surface area is 217 Å². The Hall–Kier alpha value is -0.670. The van der Waals surface area contributed by atoms with Crippen molar-refractivity contribution in [1.82, 2.24) is 25.6 Å². The topological polar surface area (TPSA) is 60.6 Å². The van der Waals surface area contributed by atoms with E-state index in [4.69, 9.17) is 4.74 Å². The molecule has 1 aliphatic carbocycles. The summed E-state index contributed by atoms with van der Waals surface area (Å²) in [7, 11) is 0. The maximum absolute atomic E-state index is 7.04. The van der Waals surface area contributed by atoms with Gasteiger partial charge in [-0.25, -0.2) is 4.72 Å². The van der Waals surface area contributed by atoms with Crippen LogP contribution in [-0.4, -0.2) is 61.0 Å². The summed E-state index contributed by atoms with van der Waals surface area (Å²) in [5.41, 5.74) is 4.16. The number of nitrogens with one attached hydrogen (secondary N) is 4. The fourth-order valence-corrected chi connectivity index (χ4v) is 8.02. The van der Waals surface area contributed by atoms with E-state index in [9.17, 15) is 0 Å². The maximum atomic E-state index is 7.04. The van der Waals surface area contributed by atoms with Crippen molar-refractivity contribution >= 4 is 11.9 Å². The molecular formula is C28H47N5OS. The fraction of sp³-hybridized carbons (Fsp3) is 0.786. The molecule has 0 spiro atoms. The summed E-state index contributed by atoms with van der Waals surface area (Å²) in [5, 5.41) is 12.1. The van der Waals surface area contributed by atoms with Crippen LogP contribution in [0.1, 0.15) is 75.1 Å². The molecule has 1 saturated carbocycles. The van der Waals surface area contributed by atoms with Gasteiger partial charge in [0.1, 0.15) is 12.5 Å². The van der Waals surface area contributed by atoms with Crippen LogP contribution >= 0.6 is 11.9 Å². The molecule has 6 bridgehead atoms. The Morgan fingerprint density at radius 3 is 2.74 bits per heavy atom. The Kier molecular flexibility index (Phi) is 8.75. The smallest absolute Gasteiger partial charge is 0.123 e. The van der Waals surface area contributed by atoms with Crippen LogP contribution in [-0.2, 0) is 4.74 Å². The van der Waals surface area contributed by atoms with Crippen LogP contribution < -0.4 is 20.7 Å². The minimum atomic E-state index is 0.0138. The largest absolute Gasteiger partial charge is 0.357 e. The second-order valence-electron chi connectivity index (χ2n) is 11.8. The highest BCUT2D eigenvalue weighted by Gasteiger charge is 2.38. The molecule has 6 unspecified atom stereocenters. The van der Waals surface area contributed by atoms with Crippen LogP contribution in [0, 0.1) is 25.7 Å². The van der Waals surface area contributed by atoms with Gasteiger partial charge in [0.05, 0.1) is 6.10 Å². The van der Waals surface area contributed by atoms with Gasteiger partial charge in [0.2, 0.25) is 0 Å². The van der Waals surface area contributed by atoms with Crippen molar-refractivity contribution in [1.29, 1.82) is 0 Å². The lowest BCUT2D eigenvalue weighted by atomic mass is 9.87. The normalized spacial score (nSPS) is 38.7. The third-order valence-corrected chi connectivity index (χ3v) is 9.65. The maximum Gasteiger partial charge on any atom is 0.123 e. The summed E-state index contributed by atoms with van der Waals surface area (Å²) in [6.45, 7) is 13.6. The third kappa shape index (κ3) is 6.43. The molecule has 5 rings (SSSR count). The van der Waals surface area contributed by atoms with Crippen molar-refractivity contribution in [2.24, 2.45) is 11.8 Å². The van der Waals surface area contributed by atoms with Gasteiger partial charge in [0, 0.05) is 49.9 Å². The predicted octanol–water partition coefficient (Wildman–Crippen LogP) is 4.05. The van der Waals surface area contributed by atoms with Crippen molar-refractivity contribution in [3.05, 3.63) is 34.9 Å². The monoisotopic (exact) mass is 501 g/mol. The van der Waals surface area contributed by atoms with Crippen molar-refractivity contribution < 1.29 is 4.74 Å². The van der Waals surface area contributed by atoms with Gasteiger partial charge in [-0.1, -0.05) is 50.4 Å². The molecule has 7 heteroatoms. The van der Waals surface area contributed by atoms with E-state index in [-0.39, 0.29) is 24.7 Å². The molecule has 35 heavy (non-hydrogen) atoms. The van der Waals surface area contributed by atoms with E-state index < -0.39 is 0 Å². The minimum absolute atomic E-state index is 0.0138. The first kappa shape index (κ1) is 26.0. The highest BCUT2D eigenvalue weighted by molar-refractivity contribution is 7.98. The first-order valence-corrected chi connectivity index (χ1v) is 14.9. The van der Waals surface area contributed by atoms with E-state index in [1.54, 1.807) is 0 Å². The first-order valence-electron chi connectivity index (χ1n) is 14.1. The van der Waals surface area contributed by atoms with Gasteiger partial charge in [-0.2, -0.15) is 0 Å². The van der Waals surface area contributed by atoms with Gasteiger partial charge in [-0.3, -0.25) is 15.5 Å². The number of hydrogen-bond acceptors (Lipinski definition) is 7. The Bertz CT molecular complexity index is 817. The fourth-order valence-electron chi connectivity index (χ4n) is 6.90. The number of hydrogen-bond donors (Lipinski definition) is 4. The molecule has 1 aromatic carbocycles. The highest BCUT2D eigenvalue weighted by atomic mass is 32.2. The predicted molar refractivity (Wildman–Crippen MR) is 146 cm³/mol. The average molecular weight is 502 g/mol. The van der Waals surface area contributed by atoms with E-state index in [1.807, 2.05) is 11.9 Å². The molecule has 1 aromatic rings. The van der Waals surface area contributed by atoms with Crippen molar-refractivity contribution in [3.63, 3.8) is 0 Å². The molecule has 3 aliphatic heterocycles. The van der Waals surface area contributed by atoms with Gasteiger partial charge in [-0.05, 0) is 68.1 Å². The number of fused-ring (bicyclic) bond motifs is 6. The van der Waals surface area contributed by atoms with Gasteiger partial charge >= 0.3 is 0 Å². The zero-order valence-corrected chi connectivity index (χ0v) is 23.0. The molecule has 8 atom stereocenters. The number of rotatable bonds is 3. The number of aryl methyl sites for hydroxylation is 2. The summed E-state index contributed by atoms with van der Waals surface area (Å²) < 4.78 is 10.8. The highest BCUT2D eigenvalue weighted by Crippen LogP contribution is 2.35. The molecule has 0 amide bonds. The summed E-state index contributed by atoms with van der Waals surface area (Å²) >= 11 is 1.95. The zero-order valence-electron chi connectivity index (χ0n) is 22.2. The quantitative estimate of drug-likeness (QED) is 0.466. The molecular weight excluding hydrogens is 454 g/mol. The lowest BCUT2D eigenvalue weighted by Gasteiger charge is -2.42. The van der Waals surface area contributed by atoms with E-state index >= 15 is 0 Å². The number of benzene rings is 1. The van der Waals surface area contributed by atoms with Crippen LogP contribution in [0.25, 0.3) is 0 Å². The molecule has 0 radical (unpaired) electrons. The SMILES string of the molecule is Cc1cccc(C)c1C1CC2NC(NSC3CCCC(C3)CN3CCNC[C@@H](O2)[C@H]3CC(C)C)N1. The molecule has 6 nitrogen and oxygen atoms in total. The zero-order chi connectivity index (χ0) is 24.4. The summed E-state index contributed by atoms with van der Waals surface area (Å²) in [4.78, 5) is 2.80. The minimum Gasteiger partial charge on any atom is -0.357 e. The molecule has 196 valence electrons. The van der Waals surface area contributed by atoms with Gasteiger partial charge in [0.15, 0.2) is 0 Å². The molecule has 4 aliphatic rings. The van der Waals surface area contributed by atoms with Crippen LogP contribution in [0.5, 0.6) is 0 Å². The summed E-state index contributed by atoms with van der Waals surface area (Å²) in [5.74, 6) is 1.45. The summed E-state index contributed by atoms with van der Waals surface area (Å²) in [6, 6.07) is 7.40. The average Bonchev–Trinajstić information content (AvgIpc) is 2.99. The Morgan fingerprint density at radius 2 is 1.94 bits per heavy atom. The van der Waals surface area contributed by atoms with E-state index in [0.717, 1.165) is 32.0 Å². The molecule has 0 aromatic heterocycles. The van der Waals surface area contributed by atoms with Crippen LogP contribution in [0.15, 0.2) is 18.2 Å². The second-order valence-corrected chi connectivity index (χ2v) is 12.9. The van der Waals surface area contributed by atoms with Crippen LogP contribution in [0.4, 0.5) is 0 Å².